The molecule has 100 valence electrons. The van der Waals surface area contributed by atoms with Gasteiger partial charge in [-0.05, 0) is 41.3 Å². The molecule has 0 N–H and O–H groups in total. The predicted molar refractivity (Wildman–Crippen MR) is 72.4 cm³/mol. The van der Waals surface area contributed by atoms with Crippen molar-refractivity contribution in [3.8, 4) is 16.9 Å². The molecule has 2 aromatic rings. The third-order valence-corrected chi connectivity index (χ3v) is 2.71. The third-order valence-electron chi connectivity index (χ3n) is 2.71. The Balaban J connectivity index is 2.70. The summed E-state index contributed by atoms with van der Waals surface area (Å²) >= 11 is 0. The Morgan fingerprint density at radius 2 is 1.84 bits per heavy atom. The van der Waals surface area contributed by atoms with E-state index in [9.17, 15) is 8.78 Å². The number of halogens is 2. The Hall–Kier alpha value is -1.90. The second-order valence-corrected chi connectivity index (χ2v) is 4.37. The highest BCUT2D eigenvalue weighted by molar-refractivity contribution is 5.65. The minimum absolute atomic E-state index is 0.0928. The normalized spacial score (nSPS) is 16.1. The largest absolute Gasteiger partial charge is 0.497 e. The molecule has 0 saturated heterocycles. The average molecular weight is 268 g/mol. The second kappa shape index (κ2) is 5.39. The lowest BCUT2D eigenvalue weighted by atomic mass is 9.97. The summed E-state index contributed by atoms with van der Waals surface area (Å²) in [5.41, 5.74) is -0.411. The Morgan fingerprint density at radius 3 is 2.42 bits per heavy atom. The summed E-state index contributed by atoms with van der Waals surface area (Å²) in [4.78, 5) is 0. The van der Waals surface area contributed by atoms with Crippen LogP contribution in [0.4, 0.5) is 8.78 Å². The molecule has 0 aliphatic rings. The van der Waals surface area contributed by atoms with E-state index in [0.717, 1.165) is 18.2 Å². The van der Waals surface area contributed by atoms with Crippen molar-refractivity contribution in [2.45, 2.75) is 19.8 Å². The summed E-state index contributed by atoms with van der Waals surface area (Å²) in [6.07, 6.45) is 0. The van der Waals surface area contributed by atoms with Crippen molar-refractivity contribution in [1.29, 1.82) is 0 Å². The van der Waals surface area contributed by atoms with Crippen LogP contribution in [0.25, 0.3) is 11.1 Å². The highest BCUT2D eigenvalue weighted by atomic mass is 19.1. The fourth-order valence-corrected chi connectivity index (χ4v) is 1.85. The Kier molecular flexibility index (Phi) is 2.16. The van der Waals surface area contributed by atoms with Crippen LogP contribution in [0.1, 0.15) is 33.6 Å². The topological polar surface area (TPSA) is 9.23 Å². The van der Waals surface area contributed by atoms with Crippen LogP contribution in [0.3, 0.4) is 0 Å². The van der Waals surface area contributed by atoms with Gasteiger partial charge in [0.1, 0.15) is 17.4 Å². The highest BCUT2D eigenvalue weighted by Gasteiger charge is 2.15. The number of rotatable bonds is 3. The first-order valence-electron chi connectivity index (χ1n) is 8.71. The molecule has 2 aromatic carbocycles. The van der Waals surface area contributed by atoms with Gasteiger partial charge in [0, 0.05) is 5.56 Å². The lowest BCUT2D eigenvalue weighted by Gasteiger charge is -2.11. The molecule has 19 heavy (non-hydrogen) atoms. The van der Waals surface area contributed by atoms with Gasteiger partial charge in [0.25, 0.3) is 0 Å². The van der Waals surface area contributed by atoms with Gasteiger partial charge >= 0.3 is 0 Å². The van der Waals surface area contributed by atoms with Crippen LogP contribution >= 0.6 is 0 Å². The van der Waals surface area contributed by atoms with E-state index in [1.807, 2.05) is 0 Å². The molecule has 0 radical (unpaired) electrons. The Morgan fingerprint density at radius 1 is 1.16 bits per heavy atom. The number of ether oxygens (including phenoxy) is 1. The van der Waals surface area contributed by atoms with Crippen LogP contribution in [-0.2, 0) is 0 Å². The zero-order valence-electron chi connectivity index (χ0n) is 16.5. The molecule has 3 heteroatoms. The van der Waals surface area contributed by atoms with Crippen LogP contribution in [0, 0.1) is 11.6 Å². The summed E-state index contributed by atoms with van der Waals surface area (Å²) in [6.45, 7) is 3.26. The molecular formula is C16H16F2O. The molecule has 0 amide bonds. The van der Waals surface area contributed by atoms with E-state index in [1.54, 1.807) is 13.8 Å². The molecule has 0 bridgehead atoms. The fourth-order valence-electron chi connectivity index (χ4n) is 1.85. The van der Waals surface area contributed by atoms with Crippen LogP contribution in [-0.4, -0.2) is 7.04 Å². The zero-order chi connectivity index (χ0) is 19.1. The van der Waals surface area contributed by atoms with Crippen molar-refractivity contribution in [2.24, 2.45) is 0 Å². The first-order valence-corrected chi connectivity index (χ1v) is 5.71. The molecule has 0 aliphatic carbocycles. The summed E-state index contributed by atoms with van der Waals surface area (Å²) in [5.74, 6) is -2.61. The lowest BCUT2D eigenvalue weighted by molar-refractivity contribution is 0.415. The molecule has 0 saturated carbocycles. The maximum Gasteiger partial charge on any atom is 0.130 e. The molecule has 0 aromatic heterocycles. The van der Waals surface area contributed by atoms with E-state index < -0.39 is 42.4 Å². The maximum absolute atomic E-state index is 14.2. The molecule has 1 nitrogen and oxygen atoms in total. The molecule has 0 heterocycles. The summed E-state index contributed by atoms with van der Waals surface area (Å²) < 4.78 is 78.2. The first-order chi connectivity index (χ1) is 11.4. The average Bonchev–Trinajstić information content (AvgIpc) is 2.41. The van der Waals surface area contributed by atoms with Crippen LogP contribution in [0.15, 0.2) is 36.3 Å². The summed E-state index contributed by atoms with van der Waals surface area (Å²) in [7, 11) is -2.90. The van der Waals surface area contributed by atoms with Gasteiger partial charge in [-0.3, -0.25) is 0 Å². The molecule has 0 aliphatic heterocycles. The van der Waals surface area contributed by atoms with Gasteiger partial charge in [-0.15, -0.1) is 0 Å². The number of benzene rings is 2. The van der Waals surface area contributed by atoms with Gasteiger partial charge in [-0.2, -0.15) is 0 Å². The smallest absolute Gasteiger partial charge is 0.130 e. The minimum atomic E-state index is -2.90. The van der Waals surface area contributed by atoms with E-state index >= 15 is 0 Å². The molecule has 0 spiro atoms. The molecule has 0 unspecified atom stereocenters. The molecular weight excluding hydrogens is 246 g/mol. The molecule has 0 fully saturated rings. The van der Waals surface area contributed by atoms with Gasteiger partial charge in [0.05, 0.1) is 15.3 Å². The highest BCUT2D eigenvalue weighted by Crippen LogP contribution is 2.29. The van der Waals surface area contributed by atoms with Crippen molar-refractivity contribution < 1.29 is 21.7 Å². The standard InChI is InChI=1S/C16H16F2O/c1-10(2)16-14(17)8-12(9-15(16)18)11-5-4-6-13(7-11)19-3/h4-10H,1-3H3/i3D3,5D,6D,7D. The molecule has 0 atom stereocenters. The zero-order valence-corrected chi connectivity index (χ0v) is 10.5. The second-order valence-electron chi connectivity index (χ2n) is 4.37. The van der Waals surface area contributed by atoms with Gasteiger partial charge in [-0.25, -0.2) is 8.78 Å². The van der Waals surface area contributed by atoms with E-state index in [2.05, 4.69) is 4.74 Å². The fraction of sp³-hybridized carbons (Fsp3) is 0.250. The Labute approximate surface area is 120 Å². The first kappa shape index (κ1) is 7.63. The monoisotopic (exact) mass is 268 g/mol. The van der Waals surface area contributed by atoms with Gasteiger partial charge < -0.3 is 4.74 Å². The third kappa shape index (κ3) is 2.75. The maximum atomic E-state index is 14.2. The summed E-state index contributed by atoms with van der Waals surface area (Å²) in [5, 5.41) is 0. The van der Waals surface area contributed by atoms with E-state index in [-0.39, 0.29) is 22.7 Å². The van der Waals surface area contributed by atoms with Crippen molar-refractivity contribution >= 4 is 0 Å². The number of hydrogen-bond acceptors (Lipinski definition) is 1. The number of hydrogen-bond donors (Lipinski definition) is 0. The van der Waals surface area contributed by atoms with Crippen LogP contribution in [0.2, 0.25) is 0 Å². The number of methoxy groups -OCH3 is 1. The van der Waals surface area contributed by atoms with E-state index in [4.69, 9.17) is 8.22 Å². The van der Waals surface area contributed by atoms with Gasteiger partial charge in [-0.1, -0.05) is 26.0 Å². The van der Waals surface area contributed by atoms with Crippen molar-refractivity contribution in [3.63, 3.8) is 0 Å². The summed E-state index contributed by atoms with van der Waals surface area (Å²) in [6, 6.07) is 1.59. The minimum Gasteiger partial charge on any atom is -0.497 e. The van der Waals surface area contributed by atoms with E-state index in [1.165, 1.54) is 0 Å². The quantitative estimate of drug-likeness (QED) is 0.779. The van der Waals surface area contributed by atoms with Gasteiger partial charge in [0.15, 0.2) is 0 Å². The van der Waals surface area contributed by atoms with Crippen molar-refractivity contribution in [2.75, 3.05) is 7.04 Å². The predicted octanol–water partition coefficient (Wildman–Crippen LogP) is 4.76. The molecule has 2 rings (SSSR count). The van der Waals surface area contributed by atoms with Crippen LogP contribution in [0.5, 0.6) is 5.75 Å². The van der Waals surface area contributed by atoms with E-state index in [0.29, 0.717) is 0 Å². The SMILES string of the molecule is [2H]c1cc([2H])c(-c2cc(F)c(C(C)C)c(F)c2)c([2H])c1OC([2H])([2H])[2H]. The van der Waals surface area contributed by atoms with Crippen LogP contribution < -0.4 is 4.74 Å². The Bertz CT molecular complexity index is 794. The van der Waals surface area contributed by atoms with Crippen molar-refractivity contribution in [1.82, 2.24) is 0 Å². The van der Waals surface area contributed by atoms with Crippen molar-refractivity contribution in [3.05, 3.63) is 53.5 Å². The van der Waals surface area contributed by atoms with Gasteiger partial charge in [0.2, 0.25) is 0 Å². The lowest BCUT2D eigenvalue weighted by Crippen LogP contribution is -1.99.